The maximum absolute atomic E-state index is 12.2. The van der Waals surface area contributed by atoms with Gasteiger partial charge >= 0.3 is 0 Å². The summed E-state index contributed by atoms with van der Waals surface area (Å²) in [7, 11) is 0. The van der Waals surface area contributed by atoms with E-state index < -0.39 is 0 Å². The molecular formula is C21H19N3OS. The van der Waals surface area contributed by atoms with Gasteiger partial charge in [0.2, 0.25) is 0 Å². The fraction of sp³-hybridized carbons (Fsp3) is 0.190. The number of nitrogens with one attached hydrogen (secondary N) is 1. The molecule has 0 spiro atoms. The zero-order valence-electron chi connectivity index (χ0n) is 14.3. The Morgan fingerprint density at radius 1 is 1.00 bits per heavy atom. The number of rotatable bonds is 6. The molecule has 2 aromatic carbocycles. The van der Waals surface area contributed by atoms with Crippen LogP contribution in [0.2, 0.25) is 0 Å². The maximum atomic E-state index is 12.2. The molecule has 0 unspecified atom stereocenters. The number of hydrogen-bond donors (Lipinski definition) is 1. The van der Waals surface area contributed by atoms with Gasteiger partial charge in [-0.25, -0.2) is 0 Å². The van der Waals surface area contributed by atoms with E-state index in [2.05, 4.69) is 15.5 Å². The average molecular weight is 361 g/mol. The summed E-state index contributed by atoms with van der Waals surface area (Å²) in [5.41, 5.74) is 3.76. The van der Waals surface area contributed by atoms with Crippen LogP contribution in [-0.2, 0) is 5.75 Å². The number of carbonyl (C=O) groups excluding carboxylic acids is 1. The minimum Gasteiger partial charge on any atom is -0.349 e. The minimum absolute atomic E-state index is 0.0198. The molecular weight excluding hydrogens is 342 g/mol. The summed E-state index contributed by atoms with van der Waals surface area (Å²) in [5, 5.41) is 12.5. The second-order valence-corrected chi connectivity index (χ2v) is 7.36. The van der Waals surface area contributed by atoms with Gasteiger partial charge in [-0.2, -0.15) is 0 Å². The highest BCUT2D eigenvalue weighted by Gasteiger charge is 2.23. The van der Waals surface area contributed by atoms with Gasteiger partial charge in [0.1, 0.15) is 5.03 Å². The van der Waals surface area contributed by atoms with Gasteiger partial charge in [-0.3, -0.25) is 4.79 Å². The molecule has 3 aromatic rings. The number of hydrogen-bond acceptors (Lipinski definition) is 4. The highest BCUT2D eigenvalue weighted by Crippen LogP contribution is 2.24. The van der Waals surface area contributed by atoms with Gasteiger partial charge in [0.25, 0.3) is 5.91 Å². The van der Waals surface area contributed by atoms with E-state index in [0.717, 1.165) is 46.0 Å². The van der Waals surface area contributed by atoms with E-state index in [0.29, 0.717) is 6.04 Å². The van der Waals surface area contributed by atoms with Crippen LogP contribution in [0.15, 0.2) is 71.8 Å². The SMILES string of the molecule is O=C(NC1CC1)c1cccc(CSc2ccc(-c3ccccc3)nn2)c1. The van der Waals surface area contributed by atoms with Gasteiger partial charge < -0.3 is 5.32 Å². The average Bonchev–Trinajstić information content (AvgIpc) is 3.52. The predicted molar refractivity (Wildman–Crippen MR) is 104 cm³/mol. The van der Waals surface area contributed by atoms with Crippen LogP contribution in [0.1, 0.15) is 28.8 Å². The highest BCUT2D eigenvalue weighted by atomic mass is 32.2. The number of benzene rings is 2. The summed E-state index contributed by atoms with van der Waals surface area (Å²) in [4.78, 5) is 12.2. The number of carbonyl (C=O) groups is 1. The fourth-order valence-electron chi connectivity index (χ4n) is 2.62. The van der Waals surface area contributed by atoms with E-state index in [4.69, 9.17) is 0 Å². The topological polar surface area (TPSA) is 54.9 Å². The monoisotopic (exact) mass is 361 g/mol. The molecule has 1 heterocycles. The van der Waals surface area contributed by atoms with E-state index in [9.17, 15) is 4.79 Å². The zero-order valence-corrected chi connectivity index (χ0v) is 15.1. The summed E-state index contributed by atoms with van der Waals surface area (Å²) in [6, 6.07) is 22.2. The van der Waals surface area contributed by atoms with E-state index in [-0.39, 0.29) is 5.91 Å². The van der Waals surface area contributed by atoms with Crippen molar-refractivity contribution >= 4 is 17.7 Å². The molecule has 1 aliphatic rings. The molecule has 1 saturated carbocycles. The Labute approximate surface area is 157 Å². The van der Waals surface area contributed by atoms with Crippen LogP contribution in [0.5, 0.6) is 0 Å². The fourth-order valence-corrected chi connectivity index (χ4v) is 3.37. The van der Waals surface area contributed by atoms with Crippen molar-refractivity contribution in [1.29, 1.82) is 0 Å². The van der Waals surface area contributed by atoms with Gasteiger partial charge in [0.05, 0.1) is 5.69 Å². The summed E-state index contributed by atoms with van der Waals surface area (Å²) < 4.78 is 0. The summed E-state index contributed by atoms with van der Waals surface area (Å²) in [6.07, 6.45) is 2.19. The van der Waals surface area contributed by atoms with E-state index in [1.165, 1.54) is 0 Å². The predicted octanol–water partition coefficient (Wildman–Crippen LogP) is 4.33. The molecule has 0 bridgehead atoms. The second kappa shape index (κ2) is 7.70. The third-order valence-electron chi connectivity index (χ3n) is 4.20. The van der Waals surface area contributed by atoms with Crippen molar-refractivity contribution in [2.75, 3.05) is 0 Å². The molecule has 0 radical (unpaired) electrons. The smallest absolute Gasteiger partial charge is 0.251 e. The van der Waals surface area contributed by atoms with E-state index in [1.54, 1.807) is 11.8 Å². The first-order chi connectivity index (χ1) is 12.8. The lowest BCUT2D eigenvalue weighted by atomic mass is 10.1. The molecule has 1 fully saturated rings. The molecule has 0 saturated heterocycles. The van der Waals surface area contributed by atoms with Crippen LogP contribution >= 0.6 is 11.8 Å². The number of thioether (sulfide) groups is 1. The normalized spacial score (nSPS) is 13.4. The first-order valence-electron chi connectivity index (χ1n) is 8.70. The molecule has 1 aromatic heterocycles. The van der Waals surface area contributed by atoms with Crippen LogP contribution in [0.25, 0.3) is 11.3 Å². The van der Waals surface area contributed by atoms with Crippen LogP contribution in [-0.4, -0.2) is 22.1 Å². The lowest BCUT2D eigenvalue weighted by Crippen LogP contribution is -2.25. The van der Waals surface area contributed by atoms with Gasteiger partial charge in [-0.15, -0.1) is 10.2 Å². The Hall–Kier alpha value is -2.66. The van der Waals surface area contributed by atoms with Crippen LogP contribution in [0.3, 0.4) is 0 Å². The van der Waals surface area contributed by atoms with Crippen molar-refractivity contribution in [2.45, 2.75) is 29.7 Å². The molecule has 1 amide bonds. The second-order valence-electron chi connectivity index (χ2n) is 6.36. The molecule has 0 aliphatic heterocycles. The van der Waals surface area contributed by atoms with E-state index >= 15 is 0 Å². The Bertz CT molecular complexity index is 893. The number of amides is 1. The third kappa shape index (κ3) is 4.29. The van der Waals surface area contributed by atoms with Crippen LogP contribution in [0, 0.1) is 0 Å². The molecule has 130 valence electrons. The third-order valence-corrected chi connectivity index (χ3v) is 5.19. The standard InChI is InChI=1S/C21H19N3OS/c25-21(22-18-9-10-18)17-8-4-5-15(13-17)14-26-20-12-11-19(23-24-20)16-6-2-1-3-7-16/h1-8,11-13,18H,9-10,14H2,(H,22,25). The Morgan fingerprint density at radius 2 is 1.85 bits per heavy atom. The molecule has 5 heteroatoms. The molecule has 0 atom stereocenters. The quantitative estimate of drug-likeness (QED) is 0.664. The summed E-state index contributed by atoms with van der Waals surface area (Å²) in [5.74, 6) is 0.774. The number of aromatic nitrogens is 2. The first kappa shape index (κ1) is 16.8. The molecule has 4 rings (SSSR count). The Morgan fingerprint density at radius 3 is 2.58 bits per heavy atom. The maximum Gasteiger partial charge on any atom is 0.251 e. The van der Waals surface area contributed by atoms with Crippen molar-refractivity contribution in [3.05, 3.63) is 77.9 Å². The summed E-state index contributed by atoms with van der Waals surface area (Å²) >= 11 is 1.62. The Kier molecular flexibility index (Phi) is 4.97. The number of nitrogens with zero attached hydrogens (tertiary/aromatic N) is 2. The van der Waals surface area contributed by atoms with Crippen molar-refractivity contribution < 1.29 is 4.79 Å². The van der Waals surface area contributed by atoms with Gasteiger partial charge in [-0.1, -0.05) is 54.2 Å². The molecule has 1 aliphatic carbocycles. The van der Waals surface area contributed by atoms with Crippen molar-refractivity contribution in [1.82, 2.24) is 15.5 Å². The molecule has 26 heavy (non-hydrogen) atoms. The highest BCUT2D eigenvalue weighted by molar-refractivity contribution is 7.98. The lowest BCUT2D eigenvalue weighted by molar-refractivity contribution is 0.0951. The van der Waals surface area contributed by atoms with Gasteiger partial charge in [0, 0.05) is 22.9 Å². The lowest BCUT2D eigenvalue weighted by Gasteiger charge is -2.06. The van der Waals surface area contributed by atoms with Crippen LogP contribution in [0.4, 0.5) is 0 Å². The zero-order chi connectivity index (χ0) is 17.8. The van der Waals surface area contributed by atoms with Crippen molar-refractivity contribution in [3.8, 4) is 11.3 Å². The largest absolute Gasteiger partial charge is 0.349 e. The van der Waals surface area contributed by atoms with Gasteiger partial charge in [0.15, 0.2) is 0 Å². The minimum atomic E-state index is 0.0198. The van der Waals surface area contributed by atoms with Crippen molar-refractivity contribution in [3.63, 3.8) is 0 Å². The molecule has 4 nitrogen and oxygen atoms in total. The van der Waals surface area contributed by atoms with Crippen LogP contribution < -0.4 is 5.32 Å². The Balaban J connectivity index is 1.38. The molecule has 1 N–H and O–H groups in total. The van der Waals surface area contributed by atoms with Gasteiger partial charge in [-0.05, 0) is 42.7 Å². The van der Waals surface area contributed by atoms with Crippen molar-refractivity contribution in [2.24, 2.45) is 0 Å². The first-order valence-corrected chi connectivity index (χ1v) is 9.68. The van der Waals surface area contributed by atoms with E-state index in [1.807, 2.05) is 66.7 Å². The summed E-state index contributed by atoms with van der Waals surface area (Å²) in [6.45, 7) is 0.